The molecule has 0 aliphatic heterocycles. The van der Waals surface area contributed by atoms with Gasteiger partial charge in [0.1, 0.15) is 0 Å². The second kappa shape index (κ2) is 5.94. The molecule has 0 fully saturated rings. The Morgan fingerprint density at radius 2 is 1.90 bits per heavy atom. The third kappa shape index (κ3) is 3.38. The maximum Gasteiger partial charge on any atom is 0.250 e. The minimum absolute atomic E-state index is 0.0879. The van der Waals surface area contributed by atoms with Crippen LogP contribution in [0.15, 0.2) is 52.2 Å². The maximum atomic E-state index is 12.3. The Labute approximate surface area is 123 Å². The van der Waals surface area contributed by atoms with E-state index in [0.717, 1.165) is 0 Å². The highest BCUT2D eigenvalue weighted by atomic mass is 32.2. The van der Waals surface area contributed by atoms with Crippen molar-refractivity contribution < 1.29 is 8.42 Å². The van der Waals surface area contributed by atoms with Gasteiger partial charge in [0.15, 0.2) is 9.84 Å². The van der Waals surface area contributed by atoms with E-state index in [-0.39, 0.29) is 22.8 Å². The highest BCUT2D eigenvalue weighted by Crippen LogP contribution is 2.13. The first-order valence-corrected chi connectivity index (χ1v) is 7.98. The normalized spacial score (nSPS) is 11.0. The molecule has 2 rings (SSSR count). The van der Waals surface area contributed by atoms with E-state index in [4.69, 9.17) is 5.26 Å². The number of aromatic nitrogens is 1. The summed E-state index contributed by atoms with van der Waals surface area (Å²) in [6.07, 6.45) is 0. The van der Waals surface area contributed by atoms with Crippen LogP contribution in [0.2, 0.25) is 0 Å². The van der Waals surface area contributed by atoms with Crippen LogP contribution in [0.5, 0.6) is 0 Å². The standard InChI is InChI=1S/C15H14N2O3S/c1-12-4-2-7-15(18)17(12)8-9-21(19,20)14-6-3-5-13(10-14)11-16/h2-7,10H,8-9H2,1H3. The summed E-state index contributed by atoms with van der Waals surface area (Å²) < 4.78 is 26.0. The van der Waals surface area contributed by atoms with E-state index < -0.39 is 9.84 Å². The zero-order valence-corrected chi connectivity index (χ0v) is 12.3. The molecule has 0 aliphatic rings. The van der Waals surface area contributed by atoms with Crippen LogP contribution < -0.4 is 5.56 Å². The van der Waals surface area contributed by atoms with Gasteiger partial charge in [-0.3, -0.25) is 4.79 Å². The quantitative estimate of drug-likeness (QED) is 0.857. The molecule has 1 aromatic carbocycles. The first-order chi connectivity index (χ1) is 9.94. The van der Waals surface area contributed by atoms with Gasteiger partial charge in [-0.1, -0.05) is 12.1 Å². The van der Waals surface area contributed by atoms with Gasteiger partial charge in [-0.05, 0) is 31.2 Å². The zero-order valence-electron chi connectivity index (χ0n) is 11.5. The van der Waals surface area contributed by atoms with Gasteiger partial charge in [0, 0.05) is 18.3 Å². The van der Waals surface area contributed by atoms with Gasteiger partial charge in [-0.15, -0.1) is 0 Å². The molecule has 2 aromatic rings. The fourth-order valence-corrected chi connectivity index (χ4v) is 3.25. The molecule has 1 heterocycles. The van der Waals surface area contributed by atoms with Crippen molar-refractivity contribution in [2.24, 2.45) is 0 Å². The second-order valence-electron chi connectivity index (χ2n) is 4.62. The minimum atomic E-state index is -3.54. The molecule has 0 saturated carbocycles. The predicted molar refractivity (Wildman–Crippen MR) is 78.6 cm³/mol. The number of pyridine rings is 1. The summed E-state index contributed by atoms with van der Waals surface area (Å²) in [6.45, 7) is 1.84. The van der Waals surface area contributed by atoms with Crippen molar-refractivity contribution >= 4 is 9.84 Å². The van der Waals surface area contributed by atoms with Gasteiger partial charge in [-0.25, -0.2) is 8.42 Å². The summed E-state index contributed by atoms with van der Waals surface area (Å²) in [4.78, 5) is 11.8. The molecular weight excluding hydrogens is 288 g/mol. The third-order valence-electron chi connectivity index (χ3n) is 3.17. The molecule has 108 valence electrons. The van der Waals surface area contributed by atoms with Gasteiger partial charge < -0.3 is 4.57 Å². The van der Waals surface area contributed by atoms with Gasteiger partial charge in [0.05, 0.1) is 22.3 Å². The molecule has 0 amide bonds. The van der Waals surface area contributed by atoms with Gasteiger partial charge in [-0.2, -0.15) is 5.26 Å². The first kappa shape index (κ1) is 15.0. The lowest BCUT2D eigenvalue weighted by molar-refractivity contribution is 0.585. The van der Waals surface area contributed by atoms with Gasteiger partial charge in [0.2, 0.25) is 0 Å². The molecule has 0 radical (unpaired) electrons. The molecule has 5 nitrogen and oxygen atoms in total. The summed E-state index contributed by atoms with van der Waals surface area (Å²) in [7, 11) is -3.54. The largest absolute Gasteiger partial charge is 0.312 e. The van der Waals surface area contributed by atoms with Gasteiger partial charge in [0.25, 0.3) is 5.56 Å². The lowest BCUT2D eigenvalue weighted by Gasteiger charge is -2.10. The van der Waals surface area contributed by atoms with Crippen molar-refractivity contribution in [3.8, 4) is 6.07 Å². The summed E-state index contributed by atoms with van der Waals surface area (Å²) in [5.74, 6) is -0.188. The number of aryl methyl sites for hydroxylation is 1. The molecule has 0 atom stereocenters. The Bertz CT molecular complexity index is 861. The number of hydrogen-bond acceptors (Lipinski definition) is 4. The summed E-state index contributed by atoms with van der Waals surface area (Å²) in [5, 5.41) is 8.82. The Morgan fingerprint density at radius 3 is 2.57 bits per heavy atom. The van der Waals surface area contributed by atoms with Crippen molar-refractivity contribution in [3.05, 3.63) is 64.1 Å². The molecule has 0 spiro atoms. The van der Waals surface area contributed by atoms with Crippen molar-refractivity contribution in [1.29, 1.82) is 5.26 Å². The van der Waals surface area contributed by atoms with Crippen LogP contribution in [-0.4, -0.2) is 18.7 Å². The van der Waals surface area contributed by atoms with E-state index in [2.05, 4.69) is 0 Å². The van der Waals surface area contributed by atoms with Crippen molar-refractivity contribution in [1.82, 2.24) is 4.57 Å². The van der Waals surface area contributed by atoms with E-state index in [0.29, 0.717) is 11.3 Å². The highest BCUT2D eigenvalue weighted by Gasteiger charge is 2.15. The Balaban J connectivity index is 2.26. The Kier molecular flexibility index (Phi) is 4.24. The number of nitriles is 1. The highest BCUT2D eigenvalue weighted by molar-refractivity contribution is 7.91. The zero-order chi connectivity index (χ0) is 15.5. The number of hydrogen-bond donors (Lipinski definition) is 0. The smallest absolute Gasteiger partial charge is 0.250 e. The van der Waals surface area contributed by atoms with Crippen molar-refractivity contribution in [2.45, 2.75) is 18.4 Å². The summed E-state index contributed by atoms with van der Waals surface area (Å²) in [5.41, 5.74) is 0.781. The fourth-order valence-electron chi connectivity index (χ4n) is 2.00. The Morgan fingerprint density at radius 1 is 1.19 bits per heavy atom. The van der Waals surface area contributed by atoms with Crippen molar-refractivity contribution in [2.75, 3.05) is 5.75 Å². The van der Waals surface area contributed by atoms with Crippen LogP contribution in [-0.2, 0) is 16.4 Å². The van der Waals surface area contributed by atoms with E-state index >= 15 is 0 Å². The first-order valence-electron chi connectivity index (χ1n) is 6.33. The van der Waals surface area contributed by atoms with E-state index in [1.165, 1.54) is 28.8 Å². The summed E-state index contributed by atoms with van der Waals surface area (Å²) >= 11 is 0. The maximum absolute atomic E-state index is 12.3. The Hall–Kier alpha value is -2.39. The SMILES string of the molecule is Cc1cccc(=O)n1CCS(=O)(=O)c1cccc(C#N)c1. The van der Waals surface area contributed by atoms with Crippen LogP contribution in [0.4, 0.5) is 0 Å². The number of sulfone groups is 1. The fraction of sp³-hybridized carbons (Fsp3) is 0.200. The lowest BCUT2D eigenvalue weighted by atomic mass is 10.2. The van der Waals surface area contributed by atoms with E-state index in [1.807, 2.05) is 6.07 Å². The van der Waals surface area contributed by atoms with Crippen LogP contribution in [0.25, 0.3) is 0 Å². The number of nitrogens with zero attached hydrogens (tertiary/aromatic N) is 2. The molecule has 0 bridgehead atoms. The van der Waals surface area contributed by atoms with Crippen LogP contribution in [0, 0.1) is 18.3 Å². The predicted octanol–water partition coefficient (Wildman–Crippen LogP) is 1.50. The second-order valence-corrected chi connectivity index (χ2v) is 6.72. The van der Waals surface area contributed by atoms with Crippen LogP contribution >= 0.6 is 0 Å². The molecule has 21 heavy (non-hydrogen) atoms. The summed E-state index contributed by atoms with van der Waals surface area (Å²) in [6, 6.07) is 12.6. The third-order valence-corrected chi connectivity index (χ3v) is 4.87. The topological polar surface area (TPSA) is 79.9 Å². The monoisotopic (exact) mass is 302 g/mol. The average Bonchev–Trinajstić information content (AvgIpc) is 2.47. The molecule has 0 saturated heterocycles. The molecular formula is C15H14N2O3S. The number of benzene rings is 1. The minimum Gasteiger partial charge on any atom is -0.312 e. The molecule has 0 aliphatic carbocycles. The van der Waals surface area contributed by atoms with Crippen molar-refractivity contribution in [3.63, 3.8) is 0 Å². The van der Waals surface area contributed by atoms with E-state index in [9.17, 15) is 13.2 Å². The number of rotatable bonds is 4. The van der Waals surface area contributed by atoms with Gasteiger partial charge >= 0.3 is 0 Å². The van der Waals surface area contributed by atoms with Crippen LogP contribution in [0.1, 0.15) is 11.3 Å². The van der Waals surface area contributed by atoms with Crippen LogP contribution in [0.3, 0.4) is 0 Å². The van der Waals surface area contributed by atoms with E-state index in [1.54, 1.807) is 25.1 Å². The molecule has 0 N–H and O–H groups in total. The average molecular weight is 302 g/mol. The molecule has 1 aromatic heterocycles. The molecule has 0 unspecified atom stereocenters. The lowest BCUT2D eigenvalue weighted by Crippen LogP contribution is -2.25. The molecule has 6 heteroatoms.